The molecule has 10 nitrogen and oxygen atoms in total. The normalized spacial score (nSPS) is 13.2. The fourth-order valence-corrected chi connectivity index (χ4v) is 4.37. The van der Waals surface area contributed by atoms with Crippen LogP contribution in [-0.2, 0) is 36.9 Å². The lowest BCUT2D eigenvalue weighted by Crippen LogP contribution is -2.14. The molecule has 26 heavy (non-hydrogen) atoms. The van der Waals surface area contributed by atoms with Gasteiger partial charge >= 0.3 is 0 Å². The Balaban J connectivity index is 3.08. The van der Waals surface area contributed by atoms with Gasteiger partial charge in [-0.15, -0.1) is 0 Å². The van der Waals surface area contributed by atoms with Gasteiger partial charge in [0.2, 0.25) is 0 Å². The predicted octanol–water partition coefficient (Wildman–Crippen LogP) is 0.689. The molecule has 0 aliphatic rings. The van der Waals surface area contributed by atoms with Crippen LogP contribution in [0.5, 0.6) is 0 Å². The smallest absolute Gasteiger partial charge is 0.295 e. The lowest BCUT2D eigenvalue weighted by Gasteiger charge is -2.14. The molecule has 4 N–H and O–H groups in total. The molecule has 0 aliphatic heterocycles. The zero-order chi connectivity index (χ0) is 19.9. The van der Waals surface area contributed by atoms with E-state index in [1.165, 1.54) is 0 Å². The Kier molecular flexibility index (Phi) is 5.45. The highest BCUT2D eigenvalue weighted by Gasteiger charge is 2.24. The van der Waals surface area contributed by atoms with Crippen LogP contribution < -0.4 is 5.32 Å². The molecule has 0 radical (unpaired) electrons. The molecule has 0 heterocycles. The molecule has 0 spiro atoms. The summed E-state index contributed by atoms with van der Waals surface area (Å²) in [6, 6.07) is 3.24. The number of rotatable bonds is 6. The van der Waals surface area contributed by atoms with Crippen LogP contribution in [0, 0.1) is 0 Å². The van der Waals surface area contributed by atoms with Crippen LogP contribution in [0.25, 0.3) is 10.8 Å². The third kappa shape index (κ3) is 4.37. The molecule has 0 atom stereocenters. The number of hydrogen-bond acceptors (Lipinski definition) is 7. The van der Waals surface area contributed by atoms with Crippen LogP contribution in [0.2, 0.25) is 0 Å². The van der Waals surface area contributed by atoms with Crippen molar-refractivity contribution >= 4 is 41.1 Å². The van der Waals surface area contributed by atoms with Gasteiger partial charge in [0, 0.05) is 11.9 Å². The van der Waals surface area contributed by atoms with Crippen LogP contribution in [-0.4, -0.2) is 45.5 Å². The first-order chi connectivity index (χ1) is 11.7. The minimum absolute atomic E-state index is 0.0376. The van der Waals surface area contributed by atoms with E-state index < -0.39 is 45.0 Å². The van der Waals surface area contributed by atoms with Crippen LogP contribution in [0.4, 0.5) is 0 Å². The van der Waals surface area contributed by atoms with Crippen molar-refractivity contribution in [1.82, 2.24) is 5.32 Å². The number of nitrogens with one attached hydrogen (secondary N) is 1. The van der Waals surface area contributed by atoms with E-state index in [2.05, 4.69) is 5.32 Å². The molecule has 2 rings (SSSR count). The minimum atomic E-state index is -4.92. The van der Waals surface area contributed by atoms with Gasteiger partial charge in [0.15, 0.2) is 0 Å². The summed E-state index contributed by atoms with van der Waals surface area (Å²) >= 11 is 0. The molecule has 0 amide bonds. The summed E-state index contributed by atoms with van der Waals surface area (Å²) in [5.74, 6) is 0. The Hall–Kier alpha value is -1.61. The van der Waals surface area contributed by atoms with E-state index in [-0.39, 0.29) is 22.9 Å². The molecule has 0 bridgehead atoms. The van der Waals surface area contributed by atoms with Crippen molar-refractivity contribution in [3.8, 4) is 0 Å². The average Bonchev–Trinajstić information content (AvgIpc) is 2.48. The average molecular weight is 425 g/mol. The maximum Gasteiger partial charge on any atom is 0.295 e. The van der Waals surface area contributed by atoms with Gasteiger partial charge in [0.1, 0.15) is 4.90 Å². The molecule has 2 aromatic carbocycles. The summed E-state index contributed by atoms with van der Waals surface area (Å²) in [5, 5.41) is 2.47. The fourth-order valence-electron chi connectivity index (χ4n) is 2.41. The molecule has 0 aromatic heterocycles. The summed E-state index contributed by atoms with van der Waals surface area (Å²) in [4.78, 5) is -2.29. The molecule has 2 aromatic rings. The van der Waals surface area contributed by atoms with E-state index in [1.54, 1.807) is 6.92 Å². The molecule has 0 unspecified atom stereocenters. The maximum atomic E-state index is 11.7. The van der Waals surface area contributed by atoms with Crippen molar-refractivity contribution in [1.29, 1.82) is 0 Å². The molecular formula is C13H15NO9S3. The lowest BCUT2D eigenvalue weighted by atomic mass is 10.0. The van der Waals surface area contributed by atoms with Crippen molar-refractivity contribution < 1.29 is 38.9 Å². The van der Waals surface area contributed by atoms with E-state index in [1.807, 2.05) is 0 Å². The lowest BCUT2D eigenvalue weighted by molar-refractivity contribution is 0.480. The second-order valence-electron chi connectivity index (χ2n) is 5.31. The summed E-state index contributed by atoms with van der Waals surface area (Å²) in [5.41, 5.74) is 0.0755. The Morgan fingerprint density at radius 1 is 0.808 bits per heavy atom. The Morgan fingerprint density at radius 3 is 1.73 bits per heavy atom. The number of benzene rings is 2. The van der Waals surface area contributed by atoms with Gasteiger partial charge in [0.25, 0.3) is 30.4 Å². The van der Waals surface area contributed by atoms with Gasteiger partial charge in [-0.05, 0) is 41.8 Å². The highest BCUT2D eigenvalue weighted by molar-refractivity contribution is 7.87. The van der Waals surface area contributed by atoms with E-state index in [0.29, 0.717) is 12.6 Å². The summed E-state index contributed by atoms with van der Waals surface area (Å²) in [6.07, 6.45) is 0. The quantitative estimate of drug-likeness (QED) is 0.482. The first kappa shape index (κ1) is 20.7. The van der Waals surface area contributed by atoms with Gasteiger partial charge in [-0.2, -0.15) is 25.3 Å². The summed E-state index contributed by atoms with van der Waals surface area (Å²) in [7, 11) is -14.5. The minimum Gasteiger partial charge on any atom is -0.313 e. The van der Waals surface area contributed by atoms with Crippen molar-refractivity contribution in [3.63, 3.8) is 0 Å². The summed E-state index contributed by atoms with van der Waals surface area (Å²) in [6.45, 7) is 2.13. The Morgan fingerprint density at radius 2 is 1.31 bits per heavy atom. The van der Waals surface area contributed by atoms with Crippen molar-refractivity contribution in [2.45, 2.75) is 28.2 Å². The van der Waals surface area contributed by atoms with E-state index in [0.717, 1.165) is 18.2 Å². The first-order valence-electron chi connectivity index (χ1n) is 6.99. The predicted molar refractivity (Wildman–Crippen MR) is 90.8 cm³/mol. The summed E-state index contributed by atoms with van der Waals surface area (Å²) < 4.78 is 97.1. The third-order valence-electron chi connectivity index (χ3n) is 3.48. The zero-order valence-corrected chi connectivity index (χ0v) is 15.7. The standard InChI is InChI=1S/C13H15NO9S3/c1-2-14-7-9-5-10(24(15,16)17)3-8-4-11(25(18,19)20)6-12(13(8)9)26(21,22)23/h3-6,14H,2,7H2,1H3,(H,15,16,17)(H,18,19,20)(H,21,22,23). The fraction of sp³-hybridized carbons (Fsp3) is 0.231. The monoisotopic (exact) mass is 425 g/mol. The van der Waals surface area contributed by atoms with Gasteiger partial charge in [-0.3, -0.25) is 13.7 Å². The van der Waals surface area contributed by atoms with Crippen LogP contribution in [0.1, 0.15) is 12.5 Å². The maximum absolute atomic E-state index is 11.7. The van der Waals surface area contributed by atoms with Gasteiger partial charge in [0.05, 0.1) is 9.79 Å². The van der Waals surface area contributed by atoms with E-state index >= 15 is 0 Å². The Bertz CT molecular complexity index is 1180. The molecule has 13 heteroatoms. The molecule has 0 fully saturated rings. The van der Waals surface area contributed by atoms with Crippen molar-refractivity contribution in [3.05, 3.63) is 29.8 Å². The topological polar surface area (TPSA) is 175 Å². The van der Waals surface area contributed by atoms with Crippen molar-refractivity contribution in [2.24, 2.45) is 0 Å². The highest BCUT2D eigenvalue weighted by Crippen LogP contribution is 2.32. The van der Waals surface area contributed by atoms with Gasteiger partial charge in [-0.25, -0.2) is 0 Å². The number of hydrogen-bond donors (Lipinski definition) is 4. The highest BCUT2D eigenvalue weighted by atomic mass is 32.2. The van der Waals surface area contributed by atoms with E-state index in [4.69, 9.17) is 0 Å². The molecular weight excluding hydrogens is 410 g/mol. The number of fused-ring (bicyclic) bond motifs is 1. The molecule has 0 aliphatic carbocycles. The third-order valence-corrected chi connectivity index (χ3v) is 6.02. The zero-order valence-electron chi connectivity index (χ0n) is 13.2. The first-order valence-corrected chi connectivity index (χ1v) is 11.3. The largest absolute Gasteiger partial charge is 0.313 e. The second-order valence-corrected chi connectivity index (χ2v) is 9.54. The second kappa shape index (κ2) is 6.84. The van der Waals surface area contributed by atoms with Crippen LogP contribution in [0.3, 0.4) is 0 Å². The van der Waals surface area contributed by atoms with Gasteiger partial charge in [-0.1, -0.05) is 6.92 Å². The molecule has 144 valence electrons. The molecule has 0 saturated carbocycles. The van der Waals surface area contributed by atoms with Crippen molar-refractivity contribution in [2.75, 3.05) is 6.54 Å². The van der Waals surface area contributed by atoms with Gasteiger partial charge < -0.3 is 5.32 Å². The van der Waals surface area contributed by atoms with Crippen LogP contribution >= 0.6 is 0 Å². The SMILES string of the molecule is CCNCc1cc(S(=O)(=O)O)cc2cc(S(=O)(=O)O)cc(S(=O)(=O)O)c12. The molecule has 0 saturated heterocycles. The van der Waals surface area contributed by atoms with Crippen LogP contribution in [0.15, 0.2) is 39.0 Å². The Labute approximate surface area is 150 Å². The van der Waals surface area contributed by atoms with E-state index in [9.17, 15) is 38.9 Å².